The van der Waals surface area contributed by atoms with Crippen LogP contribution in [0.25, 0.3) is 0 Å². The first-order chi connectivity index (χ1) is 18.2. The first-order valence-corrected chi connectivity index (χ1v) is 13.6. The molecule has 10 nitrogen and oxygen atoms in total. The minimum atomic E-state index is -4.36. The van der Waals surface area contributed by atoms with Gasteiger partial charge in [0.2, 0.25) is 9.84 Å². The normalized spacial score (nSPS) is 20.1. The number of fused-ring (bicyclic) bond motifs is 2. The molecule has 2 aromatic carbocycles. The monoisotopic (exact) mass is 550 g/mol. The van der Waals surface area contributed by atoms with Gasteiger partial charge in [-0.15, -0.1) is 6.58 Å². The fourth-order valence-electron chi connectivity index (χ4n) is 4.88. The molecule has 0 heterocycles. The van der Waals surface area contributed by atoms with Crippen molar-refractivity contribution in [3.63, 3.8) is 0 Å². The van der Waals surface area contributed by atoms with Gasteiger partial charge in [0.05, 0.1) is 21.9 Å². The van der Waals surface area contributed by atoms with E-state index in [4.69, 9.17) is 11.5 Å². The van der Waals surface area contributed by atoms with Crippen molar-refractivity contribution in [1.82, 2.24) is 0 Å². The number of carbonyl (C=O) groups excluding carboxylic acids is 6. The lowest BCUT2D eigenvalue weighted by Gasteiger charge is -2.15. The van der Waals surface area contributed by atoms with E-state index in [-0.39, 0.29) is 44.4 Å². The van der Waals surface area contributed by atoms with E-state index < -0.39 is 68.5 Å². The van der Waals surface area contributed by atoms with Crippen molar-refractivity contribution in [1.29, 1.82) is 0 Å². The maximum atomic E-state index is 13.4. The highest BCUT2D eigenvalue weighted by Crippen LogP contribution is 2.35. The number of carbonyl (C=O) groups is 6. The van der Waals surface area contributed by atoms with E-state index in [1.165, 1.54) is 0 Å². The SMILES string of the molecule is C=C[C@@H](N)C(=O)C1C(=O)c2ccc(S(=O)(=O)c3ccc4c(c3)C(=O)C(C(=O)[C@H](N)CC(C)C)C4=O)cc2C1=O. The van der Waals surface area contributed by atoms with Crippen LogP contribution in [0.1, 0.15) is 61.7 Å². The van der Waals surface area contributed by atoms with Gasteiger partial charge in [-0.3, -0.25) is 28.8 Å². The highest BCUT2D eigenvalue weighted by molar-refractivity contribution is 7.91. The number of rotatable bonds is 9. The Labute approximate surface area is 224 Å². The quantitative estimate of drug-likeness (QED) is 0.342. The van der Waals surface area contributed by atoms with Gasteiger partial charge in [0, 0.05) is 22.3 Å². The van der Waals surface area contributed by atoms with Crippen LogP contribution in [0.15, 0.2) is 58.8 Å². The fourth-order valence-corrected chi connectivity index (χ4v) is 6.19. The van der Waals surface area contributed by atoms with Crippen LogP contribution in [0.3, 0.4) is 0 Å². The first-order valence-electron chi connectivity index (χ1n) is 12.1. The summed E-state index contributed by atoms with van der Waals surface area (Å²) in [5.41, 5.74) is 10.9. The summed E-state index contributed by atoms with van der Waals surface area (Å²) in [5.74, 6) is -8.06. The molecule has 0 spiro atoms. The van der Waals surface area contributed by atoms with Gasteiger partial charge in [0.15, 0.2) is 34.7 Å². The molecule has 0 saturated carbocycles. The van der Waals surface area contributed by atoms with Crippen molar-refractivity contribution in [3.8, 4) is 0 Å². The van der Waals surface area contributed by atoms with Crippen molar-refractivity contribution >= 4 is 44.5 Å². The molecular weight excluding hydrogens is 524 g/mol. The second-order valence-electron chi connectivity index (χ2n) is 10.0. The van der Waals surface area contributed by atoms with Crippen LogP contribution in [0.4, 0.5) is 0 Å². The zero-order valence-electron chi connectivity index (χ0n) is 21.2. The molecule has 4 N–H and O–H groups in total. The standard InChI is InChI=1S/C28H26N2O8S/c1-4-19(29)27(35)21-23(31)15-7-5-13(10-17(15)25(21)33)39(37,38)14-6-8-16-18(11-14)26(34)22(24(16)32)28(36)20(30)9-12(2)3/h4-8,10-12,19-22H,1,9,29-30H2,2-3H3/t19-,20-,21?,22?/m1/s1. The molecule has 0 bridgehead atoms. The van der Waals surface area contributed by atoms with Crippen molar-refractivity contribution in [2.75, 3.05) is 0 Å². The highest BCUT2D eigenvalue weighted by atomic mass is 32.2. The maximum absolute atomic E-state index is 13.4. The van der Waals surface area contributed by atoms with Crippen LogP contribution >= 0.6 is 0 Å². The first kappa shape index (κ1) is 28.1. The van der Waals surface area contributed by atoms with Crippen LogP contribution in [0.2, 0.25) is 0 Å². The molecule has 2 aromatic rings. The molecular formula is C28H26N2O8S. The number of hydrogen-bond donors (Lipinski definition) is 2. The molecule has 2 aliphatic carbocycles. The van der Waals surface area contributed by atoms with Gasteiger partial charge in [-0.2, -0.15) is 0 Å². The summed E-state index contributed by atoms with van der Waals surface area (Å²) in [6.07, 6.45) is 1.37. The number of benzene rings is 2. The molecule has 2 aliphatic rings. The minimum absolute atomic E-state index is 0.0521. The van der Waals surface area contributed by atoms with Crippen LogP contribution < -0.4 is 11.5 Å². The Morgan fingerprint density at radius 1 is 0.795 bits per heavy atom. The van der Waals surface area contributed by atoms with Crippen molar-refractivity contribution in [3.05, 3.63) is 71.3 Å². The van der Waals surface area contributed by atoms with Crippen LogP contribution in [-0.4, -0.2) is 55.2 Å². The predicted molar refractivity (Wildman–Crippen MR) is 138 cm³/mol. The second-order valence-corrected chi connectivity index (χ2v) is 12.0. The van der Waals surface area contributed by atoms with Gasteiger partial charge < -0.3 is 11.5 Å². The molecule has 0 fully saturated rings. The van der Waals surface area contributed by atoms with Crippen molar-refractivity contribution in [2.24, 2.45) is 29.2 Å². The predicted octanol–water partition coefficient (Wildman–Crippen LogP) is 1.53. The van der Waals surface area contributed by atoms with Crippen molar-refractivity contribution < 1.29 is 37.2 Å². The molecule has 0 saturated heterocycles. The van der Waals surface area contributed by atoms with Gasteiger partial charge in [0.1, 0.15) is 11.8 Å². The highest BCUT2D eigenvalue weighted by Gasteiger charge is 2.46. The molecule has 0 radical (unpaired) electrons. The summed E-state index contributed by atoms with van der Waals surface area (Å²) in [6, 6.07) is 4.27. The zero-order valence-corrected chi connectivity index (χ0v) is 22.0. The summed E-state index contributed by atoms with van der Waals surface area (Å²) in [6.45, 7) is 7.07. The molecule has 0 aromatic heterocycles. The Kier molecular flexibility index (Phi) is 7.20. The smallest absolute Gasteiger partial charge is 0.206 e. The van der Waals surface area contributed by atoms with E-state index in [0.29, 0.717) is 0 Å². The second kappa shape index (κ2) is 9.99. The molecule has 0 aliphatic heterocycles. The average Bonchev–Trinajstić information content (AvgIpc) is 3.30. The Morgan fingerprint density at radius 2 is 1.21 bits per heavy atom. The Morgan fingerprint density at radius 3 is 1.62 bits per heavy atom. The number of hydrogen-bond acceptors (Lipinski definition) is 10. The number of Topliss-reactive ketones (excluding diaryl/α,β-unsaturated/α-hetero) is 6. The molecule has 39 heavy (non-hydrogen) atoms. The maximum Gasteiger partial charge on any atom is 0.206 e. The van der Waals surface area contributed by atoms with Gasteiger partial charge in [-0.05, 0) is 48.7 Å². The van der Waals surface area contributed by atoms with Crippen LogP contribution in [-0.2, 0) is 19.4 Å². The lowest BCUT2D eigenvalue weighted by Crippen LogP contribution is -2.40. The lowest BCUT2D eigenvalue weighted by atomic mass is 9.90. The molecule has 2 unspecified atom stereocenters. The van der Waals surface area contributed by atoms with E-state index in [1.54, 1.807) is 0 Å². The summed E-state index contributed by atoms with van der Waals surface area (Å²) in [7, 11) is -4.36. The zero-order chi connectivity index (χ0) is 29.0. The topological polar surface area (TPSA) is 189 Å². The Bertz CT molecular complexity index is 1610. The van der Waals surface area contributed by atoms with E-state index in [1.807, 2.05) is 13.8 Å². The fraction of sp³-hybridized carbons (Fsp3) is 0.286. The number of sulfone groups is 1. The van der Waals surface area contributed by atoms with E-state index in [2.05, 4.69) is 6.58 Å². The average molecular weight is 551 g/mol. The molecule has 0 amide bonds. The molecule has 4 rings (SSSR count). The number of ketones is 6. The third kappa shape index (κ3) is 4.52. The minimum Gasteiger partial charge on any atom is -0.321 e. The lowest BCUT2D eigenvalue weighted by molar-refractivity contribution is -0.122. The van der Waals surface area contributed by atoms with Gasteiger partial charge >= 0.3 is 0 Å². The molecule has 11 heteroatoms. The molecule has 202 valence electrons. The number of nitrogens with two attached hydrogens (primary N) is 2. The van der Waals surface area contributed by atoms with E-state index >= 15 is 0 Å². The van der Waals surface area contributed by atoms with Crippen molar-refractivity contribution in [2.45, 2.75) is 42.1 Å². The van der Waals surface area contributed by atoms with Crippen LogP contribution in [0.5, 0.6) is 0 Å². The Balaban J connectivity index is 1.68. The summed E-state index contributed by atoms with van der Waals surface area (Å²) >= 11 is 0. The van der Waals surface area contributed by atoms with Gasteiger partial charge in [-0.1, -0.05) is 19.9 Å². The summed E-state index contributed by atoms with van der Waals surface area (Å²) in [4.78, 5) is 76.0. The largest absolute Gasteiger partial charge is 0.321 e. The summed E-state index contributed by atoms with van der Waals surface area (Å²) in [5, 5.41) is 0. The third-order valence-electron chi connectivity index (χ3n) is 6.96. The van der Waals surface area contributed by atoms with E-state index in [0.717, 1.165) is 42.5 Å². The summed E-state index contributed by atoms with van der Waals surface area (Å²) < 4.78 is 26.9. The molecule has 4 atom stereocenters. The third-order valence-corrected chi connectivity index (χ3v) is 8.70. The van der Waals surface area contributed by atoms with Crippen LogP contribution in [0, 0.1) is 17.8 Å². The Hall–Kier alpha value is -3.93. The van der Waals surface area contributed by atoms with Gasteiger partial charge in [0.25, 0.3) is 0 Å². The van der Waals surface area contributed by atoms with Gasteiger partial charge in [-0.25, -0.2) is 8.42 Å². The van der Waals surface area contributed by atoms with E-state index in [9.17, 15) is 37.2 Å².